The molecule has 0 aliphatic rings. The lowest BCUT2D eigenvalue weighted by Gasteiger charge is -2.05. The van der Waals surface area contributed by atoms with Gasteiger partial charge in [-0.05, 0) is 28.5 Å². The fourth-order valence-electron chi connectivity index (χ4n) is 2.66. The highest BCUT2D eigenvalue weighted by atomic mass is 32.1. The number of aromatic nitrogens is 4. The monoisotopic (exact) mass is 400 g/mol. The van der Waals surface area contributed by atoms with Crippen LogP contribution in [0.15, 0.2) is 36.1 Å². The van der Waals surface area contributed by atoms with Crippen LogP contribution in [0, 0.1) is 17.0 Å². The zero-order chi connectivity index (χ0) is 19.9. The number of thiazole rings is 1. The lowest BCUT2D eigenvalue weighted by Crippen LogP contribution is -2.25. The van der Waals surface area contributed by atoms with Gasteiger partial charge in [-0.25, -0.2) is 4.98 Å². The number of nitrogens with zero attached hydrogens (tertiary/aromatic N) is 5. The van der Waals surface area contributed by atoms with Crippen molar-refractivity contribution < 1.29 is 9.72 Å². The molecule has 146 valence electrons. The number of aryl methyl sites for hydroxylation is 3. The van der Waals surface area contributed by atoms with Crippen LogP contribution in [0.1, 0.15) is 23.7 Å². The Balaban J connectivity index is 1.38. The van der Waals surface area contributed by atoms with Crippen LogP contribution in [-0.2, 0) is 17.8 Å². The highest BCUT2D eigenvalue weighted by Gasteiger charge is 2.15. The van der Waals surface area contributed by atoms with E-state index in [1.165, 1.54) is 6.20 Å². The first-order valence-corrected chi connectivity index (χ1v) is 9.70. The normalized spacial score (nSPS) is 10.8. The minimum Gasteiger partial charge on any atom is -0.358 e. The SMILES string of the molecule is Cc1nc([N+](=O)[O-])cn1CCC(=O)NCCCc1nc(-c2ccncc2)cs1. The molecule has 1 amide bonds. The third kappa shape index (κ3) is 5.19. The van der Waals surface area contributed by atoms with Gasteiger partial charge < -0.3 is 20.0 Å². The molecule has 3 heterocycles. The number of nitrogens with one attached hydrogen (secondary N) is 1. The minimum atomic E-state index is -0.539. The largest absolute Gasteiger partial charge is 0.381 e. The van der Waals surface area contributed by atoms with E-state index in [0.29, 0.717) is 18.9 Å². The lowest BCUT2D eigenvalue weighted by molar-refractivity contribution is -0.389. The standard InChI is InChI=1S/C18H20N6O3S/c1-13-21-16(24(26)27)11-23(13)10-6-17(25)20-7-2-3-18-22-15(12-28-18)14-4-8-19-9-5-14/h4-5,8-9,11-12H,2-3,6-7,10H2,1H3,(H,20,25). The van der Waals surface area contributed by atoms with Crippen LogP contribution in [0.4, 0.5) is 5.82 Å². The summed E-state index contributed by atoms with van der Waals surface area (Å²) in [6.45, 7) is 2.60. The van der Waals surface area contributed by atoms with Crippen LogP contribution >= 0.6 is 11.3 Å². The molecule has 3 rings (SSSR count). The maximum Gasteiger partial charge on any atom is 0.381 e. The van der Waals surface area contributed by atoms with Gasteiger partial charge in [-0.1, -0.05) is 0 Å². The molecule has 10 heteroatoms. The molecule has 28 heavy (non-hydrogen) atoms. The van der Waals surface area contributed by atoms with Crippen LogP contribution < -0.4 is 5.32 Å². The Labute approximate surface area is 165 Å². The summed E-state index contributed by atoms with van der Waals surface area (Å²) in [6, 6.07) is 3.85. The average Bonchev–Trinajstić information content (AvgIpc) is 3.31. The summed E-state index contributed by atoms with van der Waals surface area (Å²) in [4.78, 5) is 34.6. The predicted molar refractivity (Wildman–Crippen MR) is 105 cm³/mol. The van der Waals surface area contributed by atoms with E-state index in [9.17, 15) is 14.9 Å². The highest BCUT2D eigenvalue weighted by Crippen LogP contribution is 2.21. The molecular weight excluding hydrogens is 380 g/mol. The molecule has 0 fully saturated rings. The summed E-state index contributed by atoms with van der Waals surface area (Å²) in [5.41, 5.74) is 1.98. The number of rotatable bonds is 9. The number of hydrogen-bond acceptors (Lipinski definition) is 7. The fourth-order valence-corrected chi connectivity index (χ4v) is 3.51. The Kier molecular flexibility index (Phi) is 6.43. The second-order valence-electron chi connectivity index (χ2n) is 6.16. The van der Waals surface area contributed by atoms with E-state index >= 15 is 0 Å². The van der Waals surface area contributed by atoms with Gasteiger partial charge in [-0.15, -0.1) is 11.3 Å². The van der Waals surface area contributed by atoms with Gasteiger partial charge in [0.05, 0.1) is 10.7 Å². The summed E-state index contributed by atoms with van der Waals surface area (Å²) in [7, 11) is 0. The van der Waals surface area contributed by atoms with Crippen molar-refractivity contribution in [3.63, 3.8) is 0 Å². The third-order valence-electron chi connectivity index (χ3n) is 4.15. The molecule has 0 atom stereocenters. The van der Waals surface area contributed by atoms with E-state index in [-0.39, 0.29) is 18.1 Å². The fraction of sp³-hybridized carbons (Fsp3) is 0.333. The zero-order valence-corrected chi connectivity index (χ0v) is 16.2. The van der Waals surface area contributed by atoms with Crippen molar-refractivity contribution in [1.29, 1.82) is 0 Å². The van der Waals surface area contributed by atoms with Crippen LogP contribution in [0.25, 0.3) is 11.3 Å². The number of hydrogen-bond donors (Lipinski definition) is 1. The summed E-state index contributed by atoms with van der Waals surface area (Å²) >= 11 is 1.61. The van der Waals surface area contributed by atoms with E-state index in [1.807, 2.05) is 17.5 Å². The average molecular weight is 400 g/mol. The highest BCUT2D eigenvalue weighted by molar-refractivity contribution is 7.09. The first-order valence-electron chi connectivity index (χ1n) is 8.82. The quantitative estimate of drug-likeness (QED) is 0.335. The number of amides is 1. The topological polar surface area (TPSA) is 116 Å². The number of pyridine rings is 1. The first kappa shape index (κ1) is 19.6. The predicted octanol–water partition coefficient (Wildman–Crippen LogP) is 2.76. The summed E-state index contributed by atoms with van der Waals surface area (Å²) in [5, 5.41) is 16.6. The molecule has 9 nitrogen and oxygen atoms in total. The van der Waals surface area contributed by atoms with Crippen molar-refractivity contribution in [2.75, 3.05) is 6.54 Å². The zero-order valence-electron chi connectivity index (χ0n) is 15.4. The molecule has 0 aliphatic heterocycles. The number of nitro groups is 1. The van der Waals surface area contributed by atoms with Crippen molar-refractivity contribution in [3.05, 3.63) is 57.0 Å². The number of carbonyl (C=O) groups is 1. The lowest BCUT2D eigenvalue weighted by atomic mass is 10.2. The molecule has 0 saturated heterocycles. The van der Waals surface area contributed by atoms with Crippen molar-refractivity contribution in [2.45, 2.75) is 32.7 Å². The van der Waals surface area contributed by atoms with Gasteiger partial charge in [0.2, 0.25) is 11.7 Å². The smallest absolute Gasteiger partial charge is 0.358 e. The Morgan fingerprint density at radius 1 is 1.32 bits per heavy atom. The molecule has 3 aromatic rings. The van der Waals surface area contributed by atoms with Crippen LogP contribution in [0.3, 0.4) is 0 Å². The van der Waals surface area contributed by atoms with Crippen molar-refractivity contribution in [1.82, 2.24) is 24.8 Å². The van der Waals surface area contributed by atoms with Gasteiger partial charge in [-0.2, -0.15) is 0 Å². The summed E-state index contributed by atoms with van der Waals surface area (Å²) < 4.78 is 1.62. The van der Waals surface area contributed by atoms with E-state index in [1.54, 1.807) is 35.2 Å². The molecule has 1 N–H and O–H groups in total. The van der Waals surface area contributed by atoms with Crippen molar-refractivity contribution >= 4 is 23.1 Å². The van der Waals surface area contributed by atoms with Crippen molar-refractivity contribution in [3.8, 4) is 11.3 Å². The van der Waals surface area contributed by atoms with Gasteiger partial charge in [-0.3, -0.25) is 9.78 Å². The van der Waals surface area contributed by atoms with Crippen molar-refractivity contribution in [2.24, 2.45) is 0 Å². The maximum absolute atomic E-state index is 12.0. The molecule has 0 bridgehead atoms. The Hall–Kier alpha value is -3.14. The van der Waals surface area contributed by atoms with E-state index in [4.69, 9.17) is 0 Å². The van der Waals surface area contributed by atoms with Gasteiger partial charge in [0.25, 0.3) is 0 Å². The third-order valence-corrected chi connectivity index (χ3v) is 5.06. The molecule has 0 saturated carbocycles. The second kappa shape index (κ2) is 9.18. The maximum atomic E-state index is 12.0. The Bertz CT molecular complexity index is 953. The summed E-state index contributed by atoms with van der Waals surface area (Å²) in [6.07, 6.45) is 6.68. The molecule has 3 aromatic heterocycles. The second-order valence-corrected chi connectivity index (χ2v) is 7.11. The van der Waals surface area contributed by atoms with Crippen LogP contribution in [0.2, 0.25) is 0 Å². The molecule has 0 radical (unpaired) electrons. The van der Waals surface area contributed by atoms with Gasteiger partial charge >= 0.3 is 5.82 Å². The van der Waals surface area contributed by atoms with E-state index < -0.39 is 4.92 Å². The first-order chi connectivity index (χ1) is 13.5. The molecular formula is C18H20N6O3S. The van der Waals surface area contributed by atoms with Crippen LogP contribution in [0.5, 0.6) is 0 Å². The Morgan fingerprint density at radius 3 is 2.82 bits per heavy atom. The minimum absolute atomic E-state index is 0.0904. The van der Waals surface area contributed by atoms with Gasteiger partial charge in [0.15, 0.2) is 0 Å². The molecule has 0 unspecified atom stereocenters. The van der Waals surface area contributed by atoms with E-state index in [0.717, 1.165) is 29.1 Å². The van der Waals surface area contributed by atoms with Crippen LogP contribution in [-0.4, -0.2) is 36.9 Å². The van der Waals surface area contributed by atoms with E-state index in [2.05, 4.69) is 20.3 Å². The number of imidazole rings is 1. The van der Waals surface area contributed by atoms with Gasteiger partial charge in [0, 0.05) is 56.2 Å². The van der Waals surface area contributed by atoms with Gasteiger partial charge in [0.1, 0.15) is 6.20 Å². The molecule has 0 aromatic carbocycles. The number of carbonyl (C=O) groups excluding carboxylic acids is 1. The molecule has 0 spiro atoms. The Morgan fingerprint density at radius 2 is 2.11 bits per heavy atom. The molecule has 0 aliphatic carbocycles. The summed E-state index contributed by atoms with van der Waals surface area (Å²) in [5.74, 6) is 0.230.